The van der Waals surface area contributed by atoms with E-state index in [0.717, 1.165) is 16.8 Å². The first kappa shape index (κ1) is 9.77. The van der Waals surface area contributed by atoms with Crippen LogP contribution in [-0.2, 0) is 0 Å². The molecular formula is C12H12FNO. The third-order valence-corrected chi connectivity index (χ3v) is 2.28. The maximum atomic E-state index is 13.0. The van der Waals surface area contributed by atoms with Crippen molar-refractivity contribution in [1.29, 1.82) is 0 Å². The van der Waals surface area contributed by atoms with Gasteiger partial charge in [0.25, 0.3) is 0 Å². The van der Waals surface area contributed by atoms with Gasteiger partial charge in [-0.3, -0.25) is 0 Å². The molecule has 0 spiro atoms. The molecule has 0 saturated carbocycles. The number of hydrogen-bond donors (Lipinski definition) is 1. The molecule has 0 saturated heterocycles. The van der Waals surface area contributed by atoms with Crippen molar-refractivity contribution in [3.63, 3.8) is 0 Å². The van der Waals surface area contributed by atoms with Crippen LogP contribution in [-0.4, -0.2) is 12.1 Å². The van der Waals surface area contributed by atoms with E-state index < -0.39 is 0 Å². The highest BCUT2D eigenvalue weighted by molar-refractivity contribution is 5.67. The van der Waals surface area contributed by atoms with Crippen LogP contribution >= 0.6 is 0 Å². The Balaban J connectivity index is 2.52. The molecule has 0 unspecified atom stereocenters. The Morgan fingerprint density at radius 2 is 2.07 bits per heavy atom. The zero-order chi connectivity index (χ0) is 10.8. The van der Waals surface area contributed by atoms with Crippen molar-refractivity contribution in [2.24, 2.45) is 0 Å². The zero-order valence-corrected chi connectivity index (χ0v) is 8.67. The van der Waals surface area contributed by atoms with Crippen LogP contribution in [0.1, 0.15) is 5.56 Å². The fourth-order valence-electron chi connectivity index (χ4n) is 1.55. The fraction of sp³-hybridized carbons (Fsp3) is 0.167. The van der Waals surface area contributed by atoms with Gasteiger partial charge >= 0.3 is 0 Å². The normalized spacial score (nSPS) is 10.3. The summed E-state index contributed by atoms with van der Waals surface area (Å²) in [7, 11) is 1.54. The number of H-pyrrole nitrogens is 1. The van der Waals surface area contributed by atoms with Crippen LogP contribution in [0.5, 0.6) is 5.75 Å². The fourth-order valence-corrected chi connectivity index (χ4v) is 1.55. The van der Waals surface area contributed by atoms with Gasteiger partial charge in [-0.2, -0.15) is 0 Å². The van der Waals surface area contributed by atoms with E-state index in [2.05, 4.69) is 4.98 Å². The van der Waals surface area contributed by atoms with Crippen molar-refractivity contribution in [3.05, 3.63) is 41.8 Å². The standard InChI is InChI=1S/C12H12FNO/c1-8-5-11(14-7-8)10-4-3-9(13)6-12(10)15-2/h3-7,14H,1-2H3. The van der Waals surface area contributed by atoms with E-state index in [9.17, 15) is 4.39 Å². The van der Waals surface area contributed by atoms with Gasteiger partial charge in [-0.15, -0.1) is 0 Å². The van der Waals surface area contributed by atoms with Crippen LogP contribution < -0.4 is 4.74 Å². The Labute approximate surface area is 87.7 Å². The van der Waals surface area contributed by atoms with Crippen molar-refractivity contribution in [1.82, 2.24) is 4.98 Å². The number of benzene rings is 1. The summed E-state index contributed by atoms with van der Waals surface area (Å²) >= 11 is 0. The van der Waals surface area contributed by atoms with Crippen molar-refractivity contribution in [2.75, 3.05) is 7.11 Å². The molecule has 1 aromatic heterocycles. The predicted molar refractivity (Wildman–Crippen MR) is 57.5 cm³/mol. The summed E-state index contributed by atoms with van der Waals surface area (Å²) < 4.78 is 18.1. The van der Waals surface area contributed by atoms with Crippen LogP contribution in [0.25, 0.3) is 11.3 Å². The number of aryl methyl sites for hydroxylation is 1. The molecule has 0 amide bonds. The number of aromatic amines is 1. The Morgan fingerprint density at radius 1 is 1.27 bits per heavy atom. The minimum Gasteiger partial charge on any atom is -0.496 e. The molecule has 2 nitrogen and oxygen atoms in total. The van der Waals surface area contributed by atoms with Crippen molar-refractivity contribution in [3.8, 4) is 17.0 Å². The maximum absolute atomic E-state index is 13.0. The lowest BCUT2D eigenvalue weighted by Gasteiger charge is -2.06. The van der Waals surface area contributed by atoms with Gasteiger partial charge < -0.3 is 9.72 Å². The molecule has 0 fully saturated rings. The third-order valence-electron chi connectivity index (χ3n) is 2.28. The molecule has 15 heavy (non-hydrogen) atoms. The zero-order valence-electron chi connectivity index (χ0n) is 8.67. The molecule has 3 heteroatoms. The average Bonchev–Trinajstić information content (AvgIpc) is 2.64. The number of nitrogens with one attached hydrogen (secondary N) is 1. The van der Waals surface area contributed by atoms with Crippen LogP contribution in [0.15, 0.2) is 30.5 Å². The molecule has 0 radical (unpaired) electrons. The summed E-state index contributed by atoms with van der Waals surface area (Å²) in [6, 6.07) is 6.51. The summed E-state index contributed by atoms with van der Waals surface area (Å²) in [5.41, 5.74) is 2.94. The molecule has 1 N–H and O–H groups in total. The third kappa shape index (κ3) is 1.86. The van der Waals surface area contributed by atoms with Gasteiger partial charge in [0.15, 0.2) is 0 Å². The second kappa shape index (κ2) is 3.77. The van der Waals surface area contributed by atoms with Gasteiger partial charge in [0.2, 0.25) is 0 Å². The van der Waals surface area contributed by atoms with Gasteiger partial charge in [-0.05, 0) is 30.7 Å². The molecule has 2 aromatic rings. The number of methoxy groups -OCH3 is 1. The first-order valence-electron chi connectivity index (χ1n) is 4.69. The molecule has 2 rings (SSSR count). The Kier molecular flexibility index (Phi) is 2.46. The summed E-state index contributed by atoms with van der Waals surface area (Å²) in [6.07, 6.45) is 1.90. The molecule has 0 atom stereocenters. The number of rotatable bonds is 2. The van der Waals surface area contributed by atoms with Crippen LogP contribution in [0.3, 0.4) is 0 Å². The summed E-state index contributed by atoms with van der Waals surface area (Å²) in [5, 5.41) is 0. The quantitative estimate of drug-likeness (QED) is 0.800. The summed E-state index contributed by atoms with van der Waals surface area (Å²) in [5.74, 6) is 0.246. The lowest BCUT2D eigenvalue weighted by Crippen LogP contribution is -1.89. The molecule has 0 aliphatic carbocycles. The predicted octanol–water partition coefficient (Wildman–Crippen LogP) is 3.14. The largest absolute Gasteiger partial charge is 0.496 e. The molecule has 0 aliphatic rings. The van der Waals surface area contributed by atoms with Crippen LogP contribution in [0.4, 0.5) is 4.39 Å². The van der Waals surface area contributed by atoms with Crippen molar-refractivity contribution >= 4 is 0 Å². The minimum atomic E-state index is -0.293. The topological polar surface area (TPSA) is 25.0 Å². The Hall–Kier alpha value is -1.77. The highest BCUT2D eigenvalue weighted by Gasteiger charge is 2.07. The Morgan fingerprint density at radius 3 is 2.67 bits per heavy atom. The van der Waals surface area contributed by atoms with Gasteiger partial charge in [0.1, 0.15) is 11.6 Å². The minimum absolute atomic E-state index is 0.293. The first-order valence-corrected chi connectivity index (χ1v) is 4.69. The van der Waals surface area contributed by atoms with Crippen LogP contribution in [0, 0.1) is 12.7 Å². The molecule has 0 aliphatic heterocycles. The maximum Gasteiger partial charge on any atom is 0.131 e. The van der Waals surface area contributed by atoms with Gasteiger partial charge in [0.05, 0.1) is 7.11 Å². The second-order valence-electron chi connectivity index (χ2n) is 3.44. The Bertz CT molecular complexity index is 476. The number of hydrogen-bond acceptors (Lipinski definition) is 1. The van der Waals surface area contributed by atoms with Crippen molar-refractivity contribution < 1.29 is 9.13 Å². The average molecular weight is 205 g/mol. The van der Waals surface area contributed by atoms with E-state index in [1.807, 2.05) is 19.2 Å². The molecule has 78 valence electrons. The van der Waals surface area contributed by atoms with E-state index in [1.165, 1.54) is 19.2 Å². The lowest BCUT2D eigenvalue weighted by molar-refractivity contribution is 0.413. The first-order chi connectivity index (χ1) is 7.20. The molecule has 0 bridgehead atoms. The number of aromatic nitrogens is 1. The number of halogens is 1. The van der Waals surface area contributed by atoms with E-state index in [4.69, 9.17) is 4.74 Å². The molecule has 1 aromatic carbocycles. The van der Waals surface area contributed by atoms with E-state index in [-0.39, 0.29) is 5.82 Å². The highest BCUT2D eigenvalue weighted by atomic mass is 19.1. The highest BCUT2D eigenvalue weighted by Crippen LogP contribution is 2.29. The second-order valence-corrected chi connectivity index (χ2v) is 3.44. The molecule has 1 heterocycles. The number of ether oxygens (including phenoxy) is 1. The van der Waals surface area contributed by atoms with E-state index in [1.54, 1.807) is 6.07 Å². The van der Waals surface area contributed by atoms with Gasteiger partial charge in [-0.1, -0.05) is 0 Å². The van der Waals surface area contributed by atoms with E-state index >= 15 is 0 Å². The van der Waals surface area contributed by atoms with E-state index in [0.29, 0.717) is 5.75 Å². The van der Waals surface area contributed by atoms with Gasteiger partial charge in [0, 0.05) is 23.5 Å². The van der Waals surface area contributed by atoms with Crippen molar-refractivity contribution in [2.45, 2.75) is 6.92 Å². The lowest BCUT2D eigenvalue weighted by atomic mass is 10.1. The summed E-state index contributed by atoms with van der Waals surface area (Å²) in [6.45, 7) is 2.00. The smallest absolute Gasteiger partial charge is 0.131 e. The SMILES string of the molecule is COc1cc(F)ccc1-c1cc(C)c[nH]1. The molecular weight excluding hydrogens is 193 g/mol. The monoisotopic (exact) mass is 205 g/mol. The van der Waals surface area contributed by atoms with Crippen LogP contribution in [0.2, 0.25) is 0 Å². The van der Waals surface area contributed by atoms with Gasteiger partial charge in [-0.25, -0.2) is 4.39 Å². The summed E-state index contributed by atoms with van der Waals surface area (Å²) in [4.78, 5) is 3.11.